The minimum atomic E-state index is -0.685. The average Bonchev–Trinajstić information content (AvgIpc) is 2.66. The molecule has 0 spiro atoms. The Hall–Kier alpha value is -3.35. The van der Waals surface area contributed by atoms with Crippen LogP contribution in [0.25, 0.3) is 0 Å². The van der Waals surface area contributed by atoms with E-state index in [0.717, 1.165) is 5.56 Å². The minimum Gasteiger partial charge on any atom is -0.484 e. The van der Waals surface area contributed by atoms with E-state index in [9.17, 15) is 14.4 Å². The monoisotopic (exact) mass is 369 g/mol. The second kappa shape index (κ2) is 9.96. The Morgan fingerprint density at radius 2 is 1.67 bits per heavy atom. The fraction of sp³-hybridized carbons (Fsp3) is 0.250. The third kappa shape index (κ3) is 7.19. The number of hydrogen-bond acceptors (Lipinski definition) is 4. The van der Waals surface area contributed by atoms with Crippen molar-refractivity contribution in [2.24, 2.45) is 0 Å². The lowest BCUT2D eigenvalue weighted by molar-refractivity contribution is -0.129. The SMILES string of the molecule is CC(=O)Nc1ccc(CNC(=O)C(C)NC(=O)COc2ccccc2)cc1. The zero-order chi connectivity index (χ0) is 19.6. The van der Waals surface area contributed by atoms with Crippen molar-refractivity contribution in [1.82, 2.24) is 10.6 Å². The summed E-state index contributed by atoms with van der Waals surface area (Å²) in [7, 11) is 0. The molecule has 0 aromatic heterocycles. The second-order valence-corrected chi connectivity index (χ2v) is 5.99. The van der Waals surface area contributed by atoms with E-state index in [1.54, 1.807) is 31.2 Å². The molecule has 0 saturated carbocycles. The summed E-state index contributed by atoms with van der Waals surface area (Å²) in [5.74, 6) is -0.223. The van der Waals surface area contributed by atoms with Crippen LogP contribution in [0.2, 0.25) is 0 Å². The summed E-state index contributed by atoms with van der Waals surface area (Å²) in [6.07, 6.45) is 0. The van der Waals surface area contributed by atoms with Gasteiger partial charge in [-0.25, -0.2) is 0 Å². The van der Waals surface area contributed by atoms with E-state index in [1.165, 1.54) is 6.92 Å². The molecule has 2 aromatic carbocycles. The molecular formula is C20H23N3O4. The molecule has 0 saturated heterocycles. The van der Waals surface area contributed by atoms with Crippen LogP contribution in [0.3, 0.4) is 0 Å². The fourth-order valence-electron chi connectivity index (χ4n) is 2.27. The number of hydrogen-bond donors (Lipinski definition) is 3. The molecule has 7 nitrogen and oxygen atoms in total. The summed E-state index contributed by atoms with van der Waals surface area (Å²) >= 11 is 0. The molecule has 7 heteroatoms. The highest BCUT2D eigenvalue weighted by Crippen LogP contribution is 2.09. The molecule has 0 radical (unpaired) electrons. The number of carbonyl (C=O) groups excluding carboxylic acids is 3. The number of ether oxygens (including phenoxy) is 1. The smallest absolute Gasteiger partial charge is 0.258 e. The van der Waals surface area contributed by atoms with Crippen LogP contribution >= 0.6 is 0 Å². The number of amides is 3. The Labute approximate surface area is 158 Å². The van der Waals surface area contributed by atoms with Crippen molar-refractivity contribution in [2.45, 2.75) is 26.4 Å². The predicted molar refractivity (Wildman–Crippen MR) is 102 cm³/mol. The first-order valence-corrected chi connectivity index (χ1v) is 8.55. The van der Waals surface area contributed by atoms with Crippen LogP contribution < -0.4 is 20.7 Å². The van der Waals surface area contributed by atoms with Gasteiger partial charge < -0.3 is 20.7 Å². The van der Waals surface area contributed by atoms with Crippen molar-refractivity contribution >= 4 is 23.4 Å². The molecule has 3 N–H and O–H groups in total. The molecule has 27 heavy (non-hydrogen) atoms. The van der Waals surface area contributed by atoms with Gasteiger partial charge >= 0.3 is 0 Å². The van der Waals surface area contributed by atoms with Crippen molar-refractivity contribution in [3.63, 3.8) is 0 Å². The number of anilines is 1. The van der Waals surface area contributed by atoms with Crippen LogP contribution in [0.1, 0.15) is 19.4 Å². The molecule has 1 unspecified atom stereocenters. The zero-order valence-electron chi connectivity index (χ0n) is 15.3. The zero-order valence-corrected chi connectivity index (χ0v) is 15.3. The van der Waals surface area contributed by atoms with E-state index in [-0.39, 0.29) is 24.3 Å². The van der Waals surface area contributed by atoms with Gasteiger partial charge in [-0.2, -0.15) is 0 Å². The molecule has 0 aliphatic heterocycles. The molecule has 2 aromatic rings. The summed E-state index contributed by atoms with van der Waals surface area (Å²) in [5.41, 5.74) is 1.57. The molecule has 0 fully saturated rings. The largest absolute Gasteiger partial charge is 0.484 e. The summed E-state index contributed by atoms with van der Waals surface area (Å²) in [4.78, 5) is 35.0. The maximum atomic E-state index is 12.1. The number of nitrogens with one attached hydrogen (secondary N) is 3. The van der Waals surface area contributed by atoms with Crippen LogP contribution in [0.4, 0.5) is 5.69 Å². The quantitative estimate of drug-likeness (QED) is 0.662. The maximum Gasteiger partial charge on any atom is 0.258 e. The standard InChI is InChI=1S/C20H23N3O4/c1-14(22-19(25)13-27-18-6-4-3-5-7-18)20(26)21-12-16-8-10-17(11-9-16)23-15(2)24/h3-11,14H,12-13H2,1-2H3,(H,21,26)(H,22,25)(H,23,24). The van der Waals surface area contributed by atoms with Gasteiger partial charge in [-0.15, -0.1) is 0 Å². The van der Waals surface area contributed by atoms with Crippen molar-refractivity contribution in [2.75, 3.05) is 11.9 Å². The third-order valence-electron chi connectivity index (χ3n) is 3.62. The Balaban J connectivity index is 1.73. The van der Waals surface area contributed by atoms with Gasteiger partial charge in [0.25, 0.3) is 5.91 Å². The first kappa shape index (κ1) is 20.0. The van der Waals surface area contributed by atoms with Gasteiger partial charge in [-0.05, 0) is 36.8 Å². The van der Waals surface area contributed by atoms with Crippen molar-refractivity contribution in [3.8, 4) is 5.75 Å². The molecule has 1 atom stereocenters. The molecule has 142 valence electrons. The first-order valence-electron chi connectivity index (χ1n) is 8.55. The van der Waals surface area contributed by atoms with E-state index in [2.05, 4.69) is 16.0 Å². The summed E-state index contributed by atoms with van der Waals surface area (Å²) in [5, 5.41) is 8.02. The van der Waals surface area contributed by atoms with Crippen LogP contribution in [0.5, 0.6) is 5.75 Å². The Morgan fingerprint density at radius 1 is 1.00 bits per heavy atom. The van der Waals surface area contributed by atoms with Crippen LogP contribution in [0.15, 0.2) is 54.6 Å². The van der Waals surface area contributed by atoms with Gasteiger partial charge in [0.2, 0.25) is 11.8 Å². The highest BCUT2D eigenvalue weighted by molar-refractivity contribution is 5.89. The van der Waals surface area contributed by atoms with Crippen molar-refractivity contribution < 1.29 is 19.1 Å². The minimum absolute atomic E-state index is 0.142. The fourth-order valence-corrected chi connectivity index (χ4v) is 2.27. The van der Waals surface area contributed by atoms with Crippen LogP contribution in [-0.2, 0) is 20.9 Å². The van der Waals surface area contributed by atoms with Crippen LogP contribution in [0, 0.1) is 0 Å². The van der Waals surface area contributed by atoms with Gasteiger partial charge in [-0.1, -0.05) is 30.3 Å². The molecule has 0 aliphatic carbocycles. The van der Waals surface area contributed by atoms with Crippen molar-refractivity contribution in [1.29, 1.82) is 0 Å². The van der Waals surface area contributed by atoms with Gasteiger partial charge in [0.05, 0.1) is 0 Å². The average molecular weight is 369 g/mol. The van der Waals surface area contributed by atoms with Crippen LogP contribution in [-0.4, -0.2) is 30.4 Å². The number of para-hydroxylation sites is 1. The normalized spacial score (nSPS) is 11.2. The van der Waals surface area contributed by atoms with E-state index < -0.39 is 6.04 Å². The second-order valence-electron chi connectivity index (χ2n) is 5.99. The van der Waals surface area contributed by atoms with Crippen molar-refractivity contribution in [3.05, 3.63) is 60.2 Å². The topological polar surface area (TPSA) is 96.5 Å². The van der Waals surface area contributed by atoms with Gasteiger partial charge in [-0.3, -0.25) is 14.4 Å². The number of benzene rings is 2. The Morgan fingerprint density at radius 3 is 2.30 bits per heavy atom. The summed E-state index contributed by atoms with van der Waals surface area (Å²) in [6, 6.07) is 15.4. The molecule has 0 aliphatic rings. The molecule has 3 amide bonds. The van der Waals surface area contributed by atoms with Gasteiger partial charge in [0, 0.05) is 19.2 Å². The Bertz CT molecular complexity index is 776. The van der Waals surface area contributed by atoms with E-state index in [1.807, 2.05) is 30.3 Å². The van der Waals surface area contributed by atoms with Gasteiger partial charge in [0.1, 0.15) is 11.8 Å². The lowest BCUT2D eigenvalue weighted by atomic mass is 10.2. The molecular weight excluding hydrogens is 346 g/mol. The third-order valence-corrected chi connectivity index (χ3v) is 3.62. The highest BCUT2D eigenvalue weighted by Gasteiger charge is 2.15. The number of carbonyl (C=O) groups is 3. The molecule has 0 bridgehead atoms. The number of rotatable bonds is 8. The summed E-state index contributed by atoms with van der Waals surface area (Å²) in [6.45, 7) is 3.20. The predicted octanol–water partition coefficient (Wildman–Crippen LogP) is 1.84. The highest BCUT2D eigenvalue weighted by atomic mass is 16.5. The molecule has 2 rings (SSSR count). The van der Waals surface area contributed by atoms with E-state index >= 15 is 0 Å². The Kier molecular flexibility index (Phi) is 7.37. The first-order chi connectivity index (χ1) is 12.9. The lowest BCUT2D eigenvalue weighted by Gasteiger charge is -2.14. The van der Waals surface area contributed by atoms with Gasteiger partial charge in [0.15, 0.2) is 6.61 Å². The summed E-state index contributed by atoms with van der Waals surface area (Å²) < 4.78 is 5.34. The lowest BCUT2D eigenvalue weighted by Crippen LogP contribution is -2.46. The van der Waals surface area contributed by atoms with E-state index in [4.69, 9.17) is 4.74 Å². The van der Waals surface area contributed by atoms with E-state index in [0.29, 0.717) is 18.0 Å². The maximum absolute atomic E-state index is 12.1. The molecule has 0 heterocycles.